The number of aromatic amines is 3. The summed E-state index contributed by atoms with van der Waals surface area (Å²) >= 11 is 0. The Morgan fingerprint density at radius 2 is 1.10 bits per heavy atom. The molecule has 8 rings (SSSR count). The summed E-state index contributed by atoms with van der Waals surface area (Å²) in [6.45, 7) is 11.5. The van der Waals surface area contributed by atoms with Crippen molar-refractivity contribution in [1.29, 1.82) is 5.41 Å². The number of aliphatic hydroxyl groups excluding tert-OH is 1. The highest BCUT2D eigenvalue weighted by atomic mass is 33.1. The number of carboxylic acid groups (broad SMARTS) is 3. The van der Waals surface area contributed by atoms with Gasteiger partial charge in [0.25, 0.3) is 5.91 Å². The zero-order valence-corrected chi connectivity index (χ0v) is 83.1. The van der Waals surface area contributed by atoms with Crippen molar-refractivity contribution < 1.29 is 126 Å². The number of ether oxygens (including phenoxy) is 4. The van der Waals surface area contributed by atoms with Crippen LogP contribution in [0.4, 0.5) is 4.79 Å². The van der Waals surface area contributed by atoms with E-state index in [-0.39, 0.29) is 127 Å². The summed E-state index contributed by atoms with van der Waals surface area (Å²) in [5.41, 5.74) is 7.68. The second kappa shape index (κ2) is 58.8. The van der Waals surface area contributed by atoms with Gasteiger partial charge in [0.15, 0.2) is 12.0 Å². The molecule has 3 aromatic heterocycles. The van der Waals surface area contributed by atoms with E-state index in [0.29, 0.717) is 72.8 Å². The maximum absolute atomic E-state index is 15.3. The molecule has 1 aliphatic heterocycles. The molecule has 2 aliphatic carbocycles. The largest absolute Gasteiger partial charge is 0.481 e. The van der Waals surface area contributed by atoms with E-state index in [4.69, 9.17) is 30.1 Å². The molecular weight excluding hydrogens is 1920 g/mol. The van der Waals surface area contributed by atoms with E-state index in [0.717, 1.165) is 32.6 Å². The third-order valence-corrected chi connectivity index (χ3v) is 26.2. The maximum atomic E-state index is 15.3. The standard InChI is InChI=1S/C94H134N22O26S2/c1-49(2)36-66-81(124)102-44-74(119)105-65(25-26-75(120)121)82(125)108-67(37-50(3)4)86(129)115-76(51(5)6)89(132)110-69(39-55-42-101-63-23-16-14-19-58(55)63)84(127)111-72(88(131)116-77(53(8)117)91(134)135)47-144-143-46-71(87(130)104-52(7)79(122)106-68(38-54-41-100-62-22-15-13-18-57(54)62)83(126)109-70(85(128)107-66)40-56-43-97-48-103-56)112-90(133)78(92(136)137)114-73(118)27-30-139-32-34-141-35-33-140-31-29-98-80(123)64(24-17-28-99-93(95)96)113-94(138)142-45-61-59-20-11-9-10-12-21-60(59)61/h13-16,18-19,22-23,41-43,48-53,59-61,64-72,76-78,100-101,117H,11-12,17,20-21,24-40,44-47H2,1-8H3,(H,97,103)(H,98,123)(H,102,124)(H,104,130)(H,105,119)(H,106,122)(H,107,128)(H,108,125)(H,109,126)(H,110,132)(H,111,127)(H,112,133)(H,113,138)(H,114,118)(H,115,129)(H,116,131)(H,120,121)(H,134,135)(H,136,137)(H4,95,96,99)/t52-,53+,59-,60+,61?,64+,65-,66-,67-,68-,69-,70-,71-,72-,76-,77-,78+/m0/s1. The van der Waals surface area contributed by atoms with Crippen LogP contribution in [0.2, 0.25) is 0 Å². The minimum atomic E-state index is -2.45. The van der Waals surface area contributed by atoms with Gasteiger partial charge in [-0.3, -0.25) is 77.3 Å². The van der Waals surface area contributed by atoms with Crippen LogP contribution in [-0.2, 0) is 120 Å². The number of para-hydroxylation sites is 2. The highest BCUT2D eigenvalue weighted by Crippen LogP contribution is 2.52. The minimum absolute atomic E-state index is 0.0254. The number of amides is 15. The summed E-state index contributed by atoms with van der Waals surface area (Å²) in [5.74, 6) is -15.5. The first-order valence-corrected chi connectivity index (χ1v) is 50.2. The molecule has 2 aromatic carbocycles. The lowest BCUT2D eigenvalue weighted by atomic mass is 9.98. The molecule has 1 saturated carbocycles. The number of aromatic nitrogens is 4. The molecule has 4 heterocycles. The van der Waals surface area contributed by atoms with Crippen LogP contribution in [0.25, 0.3) is 21.8 Å². The molecule has 788 valence electrons. The number of hydrogen-bond acceptors (Lipinski definition) is 27. The number of carbonyl (C=O) groups is 18. The van der Waals surface area contributed by atoms with Gasteiger partial charge in [-0.15, -0.1) is 11.8 Å². The van der Waals surface area contributed by atoms with Crippen LogP contribution in [0.5, 0.6) is 0 Å². The second-order valence-corrected chi connectivity index (χ2v) is 38.9. The van der Waals surface area contributed by atoms with Crippen LogP contribution in [0, 0.1) is 52.8 Å². The molecule has 1 unspecified atom stereocenters. The Kier molecular flexibility index (Phi) is 47.2. The number of imidazole rings is 1. The fraction of sp³-hybridized carbons (Fsp3) is 0.574. The summed E-state index contributed by atoms with van der Waals surface area (Å²) in [7, 11) is 1.35. The van der Waals surface area contributed by atoms with E-state index in [1.807, 2.05) is 0 Å². The second-order valence-electron chi connectivity index (χ2n) is 36.4. The number of rotatable bonds is 42. The van der Waals surface area contributed by atoms with E-state index in [2.05, 4.69) is 117 Å². The Bertz CT molecular complexity index is 5300. The SMILES string of the molecule is CC(C)C[C@@H]1NC(=O)[C@H](Cc2c[nH]cn2)NC(=O)[C@H](Cc2c[nH]c3ccccc23)NC(=O)[C@H](C)NC(=O)[C@@H](NC(=O)[C@@H](NC(=O)CCOCCOCCOCCNC(=O)[C@@H](CCCNC(=N)N)NC(=O)OCC2[C@H]3CCC#CCC[C@@H]23)C(=O)O)CSSC[C@@H](C(=O)N[C@H](C(=O)O)[C@@H](C)O)NC(=O)[C@H](Cc2c[nH]c3ccccc23)NC(=O)[C@H](C(C)C)NC(=O)[C@H](CC(C)C)NC(=O)[C@H](CCC(=O)O)NC(=O)CNC1=O. The number of nitrogens with two attached hydrogens (primary N) is 1. The molecule has 144 heavy (non-hydrogen) atoms. The number of aliphatic carboxylic acids is 3. The summed E-state index contributed by atoms with van der Waals surface area (Å²) < 4.78 is 22.3. The molecule has 50 heteroatoms. The summed E-state index contributed by atoms with van der Waals surface area (Å²) in [6, 6.07) is -8.49. The Labute approximate surface area is 838 Å². The molecule has 15 amide bonds. The van der Waals surface area contributed by atoms with E-state index in [1.165, 1.54) is 33.3 Å². The van der Waals surface area contributed by atoms with Crippen LogP contribution in [0.1, 0.15) is 143 Å². The number of nitrogens with zero attached hydrogens (tertiary/aromatic N) is 1. The lowest BCUT2D eigenvalue weighted by Gasteiger charge is -2.29. The molecule has 0 bridgehead atoms. The lowest BCUT2D eigenvalue weighted by Crippen LogP contribution is -2.61. The molecule has 48 nitrogen and oxygen atoms in total. The Hall–Kier alpha value is -13.6. The van der Waals surface area contributed by atoms with Gasteiger partial charge in [-0.2, -0.15) is 0 Å². The fourth-order valence-electron chi connectivity index (χ4n) is 16.1. The van der Waals surface area contributed by atoms with Crippen molar-refractivity contribution in [2.45, 2.75) is 230 Å². The third kappa shape index (κ3) is 38.6. The number of hydrogen-bond donors (Lipinski definition) is 25. The Morgan fingerprint density at radius 3 is 1.67 bits per heavy atom. The van der Waals surface area contributed by atoms with Gasteiger partial charge in [0, 0.05) is 110 Å². The van der Waals surface area contributed by atoms with Crippen LogP contribution < -0.4 is 90.8 Å². The van der Waals surface area contributed by atoms with Crippen molar-refractivity contribution in [3.8, 4) is 11.8 Å². The van der Waals surface area contributed by atoms with E-state index < -0.39 is 235 Å². The number of H-pyrrole nitrogens is 3. The average Bonchev–Trinajstić information content (AvgIpc) is 1.62. The normalized spacial score (nSPS) is 22.7. The van der Waals surface area contributed by atoms with Crippen LogP contribution in [-0.4, -0.2) is 315 Å². The van der Waals surface area contributed by atoms with Crippen molar-refractivity contribution in [1.82, 2.24) is 105 Å². The number of benzene rings is 2. The molecule has 1 saturated heterocycles. The molecule has 0 radical (unpaired) electrons. The Balaban J connectivity index is 1.03. The predicted molar refractivity (Wildman–Crippen MR) is 525 cm³/mol. The molecular formula is C94H134N22O26S2. The fourth-order valence-corrected chi connectivity index (χ4v) is 18.4. The van der Waals surface area contributed by atoms with Gasteiger partial charge in [0.1, 0.15) is 66.5 Å². The number of nitrogens with one attached hydrogen (secondary N) is 20. The molecule has 3 aliphatic rings. The van der Waals surface area contributed by atoms with Gasteiger partial charge in [-0.25, -0.2) is 19.4 Å². The average molecular weight is 2050 g/mol. The zero-order chi connectivity index (χ0) is 105. The summed E-state index contributed by atoms with van der Waals surface area (Å²) in [6.07, 6.45) is 4.28. The summed E-state index contributed by atoms with van der Waals surface area (Å²) in [4.78, 5) is 268. The van der Waals surface area contributed by atoms with Crippen LogP contribution in [0.15, 0.2) is 73.4 Å². The maximum Gasteiger partial charge on any atom is 0.407 e. The zero-order valence-electron chi connectivity index (χ0n) is 81.5. The van der Waals surface area contributed by atoms with Gasteiger partial charge in [0.05, 0.1) is 70.9 Å². The van der Waals surface area contributed by atoms with Crippen molar-refractivity contribution in [3.05, 3.63) is 90.3 Å². The quantitative estimate of drug-likeness (QED) is 0.00515. The van der Waals surface area contributed by atoms with Gasteiger partial charge in [0.2, 0.25) is 82.8 Å². The predicted octanol–water partition coefficient (Wildman–Crippen LogP) is -1.73. The van der Waals surface area contributed by atoms with E-state index in [9.17, 15) is 87.5 Å². The highest BCUT2D eigenvalue weighted by Gasteiger charge is 2.50. The first-order chi connectivity index (χ1) is 68.6. The number of fused-ring (bicyclic) bond motifs is 3. The summed E-state index contributed by atoms with van der Waals surface area (Å²) in [5, 5.41) is 90.3. The number of aliphatic hydroxyl groups is 1. The monoisotopic (exact) mass is 2050 g/mol. The molecule has 26 N–H and O–H groups in total. The number of guanidine groups is 1. The van der Waals surface area contributed by atoms with Gasteiger partial charge >= 0.3 is 24.0 Å². The van der Waals surface area contributed by atoms with Gasteiger partial charge in [-0.05, 0) is 118 Å². The smallest absolute Gasteiger partial charge is 0.407 e. The topological polar surface area (TPSA) is 728 Å². The molecule has 17 atom stereocenters. The van der Waals surface area contributed by atoms with Crippen molar-refractivity contribution >= 4 is 156 Å². The van der Waals surface area contributed by atoms with Crippen LogP contribution in [0.3, 0.4) is 0 Å². The van der Waals surface area contributed by atoms with Crippen molar-refractivity contribution in [2.24, 2.45) is 41.2 Å². The number of carboxylic acids is 3. The molecule has 5 aromatic rings. The van der Waals surface area contributed by atoms with Crippen molar-refractivity contribution in [3.63, 3.8) is 0 Å². The Morgan fingerprint density at radius 1 is 0.562 bits per heavy atom. The van der Waals surface area contributed by atoms with Crippen LogP contribution >= 0.6 is 21.6 Å². The highest BCUT2D eigenvalue weighted by molar-refractivity contribution is 8.76. The molecule has 2 fully saturated rings. The van der Waals surface area contributed by atoms with Crippen molar-refractivity contribution in [2.75, 3.05) is 77.4 Å². The first kappa shape index (κ1) is 116. The lowest BCUT2D eigenvalue weighted by molar-refractivity contribution is -0.147. The number of alkyl carbamates (subject to hydrolysis) is 1. The first-order valence-electron chi connectivity index (χ1n) is 47.7. The van der Waals surface area contributed by atoms with E-state index in [1.54, 1.807) is 88.6 Å². The third-order valence-electron chi connectivity index (χ3n) is 23.7. The van der Waals surface area contributed by atoms with Gasteiger partial charge in [-0.1, -0.05) is 99.5 Å². The molecule has 0 spiro atoms. The minimum Gasteiger partial charge on any atom is -0.481 e. The van der Waals surface area contributed by atoms with E-state index >= 15 is 19.2 Å². The number of carbonyl (C=O) groups excluding carboxylic acids is 15. The van der Waals surface area contributed by atoms with Gasteiger partial charge < -0.3 is 145 Å².